The zero-order chi connectivity index (χ0) is 17.0. The second-order valence-electron chi connectivity index (χ2n) is 6.33. The predicted octanol–water partition coefficient (Wildman–Crippen LogP) is 3.27. The molecule has 23 heavy (non-hydrogen) atoms. The van der Waals surface area contributed by atoms with Crippen LogP contribution in [0.1, 0.15) is 26.7 Å². The summed E-state index contributed by atoms with van der Waals surface area (Å²) in [6.45, 7) is 6.94. The molecule has 1 heterocycles. The minimum Gasteiger partial charge on any atom is -0.497 e. The molecule has 0 aliphatic carbocycles. The van der Waals surface area contributed by atoms with Crippen molar-refractivity contribution in [3.8, 4) is 5.75 Å². The number of anilines is 1. The van der Waals surface area contributed by atoms with Gasteiger partial charge in [0.15, 0.2) is 0 Å². The van der Waals surface area contributed by atoms with Gasteiger partial charge in [0.05, 0.1) is 12.0 Å². The van der Waals surface area contributed by atoms with Crippen molar-refractivity contribution in [3.05, 3.63) is 28.1 Å². The van der Waals surface area contributed by atoms with Crippen LogP contribution in [0, 0.1) is 21.8 Å². The first-order valence-corrected chi connectivity index (χ1v) is 7.92. The molecule has 2 rings (SSSR count). The van der Waals surface area contributed by atoms with Gasteiger partial charge < -0.3 is 10.1 Å². The lowest BCUT2D eigenvalue weighted by Gasteiger charge is -2.26. The number of ether oxygens (including phenoxy) is 1. The summed E-state index contributed by atoms with van der Waals surface area (Å²) in [5.74, 6) is -0.0532. The van der Waals surface area contributed by atoms with Gasteiger partial charge in [-0.3, -0.25) is 15.0 Å². The number of nitro groups is 1. The molecule has 128 valence electrons. The van der Waals surface area contributed by atoms with Crippen molar-refractivity contribution in [1.29, 1.82) is 0 Å². The molecule has 1 saturated heterocycles. The first-order chi connectivity index (χ1) is 10.9. The Morgan fingerprint density at radius 1 is 1.52 bits per heavy atom. The van der Waals surface area contributed by atoms with Crippen LogP contribution in [-0.2, 0) is 0 Å². The van der Waals surface area contributed by atoms with Crippen LogP contribution in [0.2, 0.25) is 0 Å². The van der Waals surface area contributed by atoms with Crippen LogP contribution in [0.5, 0.6) is 5.75 Å². The molecule has 1 fully saturated rings. The maximum Gasteiger partial charge on any atom is 0.327 e. The van der Waals surface area contributed by atoms with E-state index in [1.165, 1.54) is 13.2 Å². The minimum absolute atomic E-state index is 0.170. The molecule has 0 amide bonds. The van der Waals surface area contributed by atoms with Gasteiger partial charge in [-0.15, -0.1) is 0 Å². The average molecular weight is 325 g/mol. The highest BCUT2D eigenvalue weighted by Gasteiger charge is 2.27. The number of nitro benzene ring substituents is 1. The van der Waals surface area contributed by atoms with Gasteiger partial charge in [0.1, 0.15) is 11.4 Å². The fourth-order valence-electron chi connectivity index (χ4n) is 3.08. The van der Waals surface area contributed by atoms with Crippen LogP contribution in [0.15, 0.2) is 12.1 Å². The highest BCUT2D eigenvalue weighted by atomic mass is 19.1. The molecule has 1 aliphatic rings. The number of nitrogens with one attached hydrogen (secondary N) is 1. The maximum atomic E-state index is 13.9. The Hall–Kier alpha value is -1.89. The van der Waals surface area contributed by atoms with Crippen molar-refractivity contribution >= 4 is 11.4 Å². The summed E-state index contributed by atoms with van der Waals surface area (Å²) in [6, 6.07) is 2.82. The van der Waals surface area contributed by atoms with E-state index in [2.05, 4.69) is 24.1 Å². The number of hydrogen-bond acceptors (Lipinski definition) is 5. The first kappa shape index (κ1) is 17.5. The largest absolute Gasteiger partial charge is 0.497 e. The van der Waals surface area contributed by atoms with Gasteiger partial charge in [0.25, 0.3) is 0 Å². The van der Waals surface area contributed by atoms with E-state index in [4.69, 9.17) is 4.74 Å². The Morgan fingerprint density at radius 2 is 2.26 bits per heavy atom. The second kappa shape index (κ2) is 7.59. The molecule has 1 atom stereocenters. The second-order valence-corrected chi connectivity index (χ2v) is 6.33. The zero-order valence-electron chi connectivity index (χ0n) is 13.8. The number of hydrogen-bond donors (Lipinski definition) is 1. The van der Waals surface area contributed by atoms with Crippen LogP contribution >= 0.6 is 0 Å². The lowest BCUT2D eigenvalue weighted by Crippen LogP contribution is -2.37. The third kappa shape index (κ3) is 4.31. The van der Waals surface area contributed by atoms with E-state index in [0.717, 1.165) is 32.0 Å². The SMILES string of the molecule is COc1cc(F)c([N+](=O)[O-])c(NC[C@H]2CCCN2CC(C)C)c1. The summed E-state index contributed by atoms with van der Waals surface area (Å²) in [5, 5.41) is 14.2. The molecule has 0 radical (unpaired) electrons. The van der Waals surface area contributed by atoms with E-state index in [1.54, 1.807) is 0 Å². The van der Waals surface area contributed by atoms with Gasteiger partial charge in [-0.25, -0.2) is 0 Å². The summed E-state index contributed by atoms with van der Waals surface area (Å²) in [4.78, 5) is 12.8. The lowest BCUT2D eigenvalue weighted by molar-refractivity contribution is -0.386. The Kier molecular flexibility index (Phi) is 5.76. The maximum absolute atomic E-state index is 13.9. The Balaban J connectivity index is 2.13. The molecule has 0 bridgehead atoms. The third-order valence-corrected chi connectivity index (χ3v) is 4.08. The molecule has 1 N–H and O–H groups in total. The van der Waals surface area contributed by atoms with Crippen molar-refractivity contribution < 1.29 is 14.1 Å². The molecule has 0 unspecified atom stereocenters. The van der Waals surface area contributed by atoms with Crippen LogP contribution < -0.4 is 10.1 Å². The van der Waals surface area contributed by atoms with E-state index in [9.17, 15) is 14.5 Å². The number of halogens is 1. The van der Waals surface area contributed by atoms with Crippen LogP contribution in [0.25, 0.3) is 0 Å². The Morgan fingerprint density at radius 3 is 2.87 bits per heavy atom. The van der Waals surface area contributed by atoms with Gasteiger partial charge in [-0.05, 0) is 25.3 Å². The predicted molar refractivity (Wildman–Crippen MR) is 87.5 cm³/mol. The van der Waals surface area contributed by atoms with Crippen molar-refractivity contribution in [1.82, 2.24) is 4.90 Å². The number of methoxy groups -OCH3 is 1. The van der Waals surface area contributed by atoms with Gasteiger partial charge >= 0.3 is 5.69 Å². The number of nitrogens with zero attached hydrogens (tertiary/aromatic N) is 2. The Bertz CT molecular complexity index is 566. The summed E-state index contributed by atoms with van der Waals surface area (Å²) < 4.78 is 18.9. The van der Waals surface area contributed by atoms with Crippen molar-refractivity contribution in [2.24, 2.45) is 5.92 Å². The quantitative estimate of drug-likeness (QED) is 0.615. The van der Waals surface area contributed by atoms with Gasteiger partial charge in [0.2, 0.25) is 5.82 Å². The number of benzene rings is 1. The fraction of sp³-hybridized carbons (Fsp3) is 0.625. The first-order valence-electron chi connectivity index (χ1n) is 7.92. The number of likely N-dealkylation sites (tertiary alicyclic amines) is 1. The molecule has 1 aromatic rings. The summed E-state index contributed by atoms with van der Waals surface area (Å²) in [5.41, 5.74) is -0.359. The molecular formula is C16H24FN3O3. The summed E-state index contributed by atoms with van der Waals surface area (Å²) in [7, 11) is 1.41. The van der Waals surface area contributed by atoms with E-state index in [-0.39, 0.29) is 11.4 Å². The highest BCUT2D eigenvalue weighted by Crippen LogP contribution is 2.32. The van der Waals surface area contributed by atoms with Crippen molar-refractivity contribution in [3.63, 3.8) is 0 Å². The van der Waals surface area contributed by atoms with Crippen LogP contribution in [-0.4, -0.2) is 42.6 Å². The average Bonchev–Trinajstić information content (AvgIpc) is 2.90. The third-order valence-electron chi connectivity index (χ3n) is 4.08. The van der Waals surface area contributed by atoms with Crippen molar-refractivity contribution in [2.75, 3.05) is 32.1 Å². The van der Waals surface area contributed by atoms with E-state index in [0.29, 0.717) is 18.5 Å². The fourth-order valence-corrected chi connectivity index (χ4v) is 3.08. The molecule has 0 aromatic heterocycles. The van der Waals surface area contributed by atoms with Crippen LogP contribution in [0.3, 0.4) is 0 Å². The van der Waals surface area contributed by atoms with Gasteiger partial charge in [-0.1, -0.05) is 13.8 Å². The normalized spacial score (nSPS) is 18.4. The summed E-state index contributed by atoms with van der Waals surface area (Å²) >= 11 is 0. The van der Waals surface area contributed by atoms with E-state index in [1.807, 2.05) is 0 Å². The zero-order valence-corrected chi connectivity index (χ0v) is 13.8. The molecule has 1 aliphatic heterocycles. The van der Waals surface area contributed by atoms with Crippen molar-refractivity contribution in [2.45, 2.75) is 32.7 Å². The van der Waals surface area contributed by atoms with Crippen LogP contribution in [0.4, 0.5) is 15.8 Å². The monoisotopic (exact) mass is 325 g/mol. The molecular weight excluding hydrogens is 301 g/mol. The molecule has 6 nitrogen and oxygen atoms in total. The molecule has 0 saturated carbocycles. The minimum atomic E-state index is -0.887. The Labute approximate surface area is 135 Å². The standard InChI is InChI=1S/C16H24FN3O3/c1-11(2)10-19-6-4-5-12(19)9-18-15-8-13(23-3)7-14(17)16(15)20(21)22/h7-8,11-12,18H,4-6,9-10H2,1-3H3/t12-/m1/s1. The molecule has 7 heteroatoms. The topological polar surface area (TPSA) is 67.6 Å². The van der Waals surface area contributed by atoms with E-state index >= 15 is 0 Å². The molecule has 0 spiro atoms. The smallest absolute Gasteiger partial charge is 0.327 e. The molecule has 1 aromatic carbocycles. The van der Waals surface area contributed by atoms with E-state index < -0.39 is 16.4 Å². The summed E-state index contributed by atoms with van der Waals surface area (Å²) in [6.07, 6.45) is 2.16. The highest BCUT2D eigenvalue weighted by molar-refractivity contribution is 5.65. The van der Waals surface area contributed by atoms with Gasteiger partial charge in [-0.2, -0.15) is 4.39 Å². The number of rotatable bonds is 7. The van der Waals surface area contributed by atoms with Gasteiger partial charge in [0, 0.05) is 31.3 Å². The lowest BCUT2D eigenvalue weighted by atomic mass is 10.1.